The highest BCUT2D eigenvalue weighted by Crippen LogP contribution is 2.22. The molecule has 4 rings (SSSR count). The first-order chi connectivity index (χ1) is 16.9. The second-order valence-electron chi connectivity index (χ2n) is 8.04. The molecular weight excluding hydrogens is 481 g/mol. The Morgan fingerprint density at radius 1 is 1.00 bits per heavy atom. The smallest absolute Gasteiger partial charge is 0.319 e. The van der Waals surface area contributed by atoms with Crippen molar-refractivity contribution < 1.29 is 27.5 Å². The minimum atomic E-state index is -0.882. The second kappa shape index (κ2) is 11.2. The molecule has 2 aromatic carbocycles. The Labute approximate surface area is 203 Å². The van der Waals surface area contributed by atoms with Gasteiger partial charge in [-0.2, -0.15) is 0 Å². The van der Waals surface area contributed by atoms with Crippen molar-refractivity contribution in [1.29, 1.82) is 0 Å². The third kappa shape index (κ3) is 6.50. The predicted molar refractivity (Wildman–Crippen MR) is 125 cm³/mol. The summed E-state index contributed by atoms with van der Waals surface area (Å²) in [5.74, 6) is -2.41. The molecule has 1 fully saturated rings. The number of carbonyl (C=O) groups excluding carboxylic acids is 2. The normalized spacial score (nSPS) is 17.5. The minimum absolute atomic E-state index is 0.0204. The highest BCUT2D eigenvalue weighted by atomic mass is 32.1. The molecule has 2 unspecified atom stereocenters. The fourth-order valence-electron chi connectivity index (χ4n) is 3.82. The van der Waals surface area contributed by atoms with E-state index in [1.165, 1.54) is 23.5 Å². The Bertz CT molecular complexity index is 1210. The molecule has 7 nitrogen and oxygen atoms in total. The molecule has 0 bridgehead atoms. The number of rotatable bonds is 7. The van der Waals surface area contributed by atoms with Gasteiger partial charge in [0.1, 0.15) is 28.9 Å². The van der Waals surface area contributed by atoms with Crippen LogP contribution < -0.4 is 20.7 Å². The van der Waals surface area contributed by atoms with Crippen LogP contribution in [0.4, 0.5) is 23.7 Å². The largest absolute Gasteiger partial charge is 0.483 e. The Balaban J connectivity index is 1.32. The molecule has 0 spiro atoms. The number of thiazole rings is 1. The monoisotopic (exact) mass is 504 g/mol. The van der Waals surface area contributed by atoms with E-state index in [0.29, 0.717) is 23.9 Å². The number of hydrogen-bond donors (Lipinski definition) is 3. The zero-order valence-electron chi connectivity index (χ0n) is 18.5. The highest BCUT2D eigenvalue weighted by molar-refractivity contribution is 7.09. The van der Waals surface area contributed by atoms with Crippen molar-refractivity contribution in [3.05, 3.63) is 76.0 Å². The van der Waals surface area contributed by atoms with Crippen molar-refractivity contribution in [1.82, 2.24) is 15.6 Å². The molecule has 1 saturated carbocycles. The van der Waals surface area contributed by atoms with Gasteiger partial charge in [0.15, 0.2) is 11.6 Å². The molecule has 35 heavy (non-hydrogen) atoms. The van der Waals surface area contributed by atoms with E-state index < -0.39 is 29.4 Å². The molecular formula is C24H23F3N4O3S. The quantitative estimate of drug-likeness (QED) is 0.422. The summed E-state index contributed by atoms with van der Waals surface area (Å²) in [6.45, 7) is 0.0204. The van der Waals surface area contributed by atoms with Crippen molar-refractivity contribution in [2.75, 3.05) is 5.32 Å². The van der Waals surface area contributed by atoms with Gasteiger partial charge in [-0.1, -0.05) is 25.0 Å². The van der Waals surface area contributed by atoms with Gasteiger partial charge in [-0.25, -0.2) is 22.9 Å². The number of halogens is 3. The van der Waals surface area contributed by atoms with Crippen LogP contribution in [0.5, 0.6) is 5.75 Å². The number of para-hydroxylation sites is 1. The van der Waals surface area contributed by atoms with Crippen LogP contribution in [0.2, 0.25) is 0 Å². The number of nitrogens with one attached hydrogen (secondary N) is 3. The number of anilines is 1. The number of aromatic nitrogens is 1. The molecule has 2 atom stereocenters. The zero-order chi connectivity index (χ0) is 24.8. The SMILES string of the molecule is O=C(Nc1ccc(F)cc1F)NC1CCCCC1NC(=O)c1csc(COc2ccccc2F)n1. The van der Waals surface area contributed by atoms with Gasteiger partial charge in [-0.15, -0.1) is 11.3 Å². The summed E-state index contributed by atoms with van der Waals surface area (Å²) < 4.78 is 46.0. The summed E-state index contributed by atoms with van der Waals surface area (Å²) in [6, 6.07) is 7.51. The number of urea groups is 1. The highest BCUT2D eigenvalue weighted by Gasteiger charge is 2.29. The lowest BCUT2D eigenvalue weighted by atomic mass is 9.90. The standard InChI is InChI=1S/C24H23F3N4O3S/c25-14-9-10-17(16(27)11-14)30-24(33)31-19-7-3-2-6-18(19)29-23(32)20-13-35-22(28-20)12-34-21-8-4-1-5-15(21)26/h1,4-5,8-11,13,18-19H,2-3,6-7,12H2,(H,29,32)(H2,30,31,33). The molecule has 3 aromatic rings. The van der Waals surface area contributed by atoms with Crippen LogP contribution in [0, 0.1) is 17.5 Å². The maximum absolute atomic E-state index is 13.8. The van der Waals surface area contributed by atoms with Gasteiger partial charge in [0.05, 0.1) is 11.7 Å². The molecule has 11 heteroatoms. The third-order valence-electron chi connectivity index (χ3n) is 5.55. The Morgan fingerprint density at radius 3 is 2.49 bits per heavy atom. The lowest BCUT2D eigenvalue weighted by molar-refractivity contribution is 0.0911. The summed E-state index contributed by atoms with van der Waals surface area (Å²) in [7, 11) is 0. The number of nitrogens with zero attached hydrogens (tertiary/aromatic N) is 1. The van der Waals surface area contributed by atoms with Gasteiger partial charge in [0, 0.05) is 17.5 Å². The molecule has 3 amide bonds. The number of carbonyl (C=O) groups is 2. The van der Waals surface area contributed by atoms with Crippen molar-refractivity contribution in [3.8, 4) is 5.75 Å². The summed E-state index contributed by atoms with van der Waals surface area (Å²) in [4.78, 5) is 29.4. The Kier molecular flexibility index (Phi) is 7.86. The molecule has 1 aromatic heterocycles. The van der Waals surface area contributed by atoms with Crippen LogP contribution in [0.25, 0.3) is 0 Å². The molecule has 0 aliphatic heterocycles. The average Bonchev–Trinajstić information content (AvgIpc) is 3.31. The number of benzene rings is 2. The van der Waals surface area contributed by atoms with E-state index in [1.54, 1.807) is 17.5 Å². The van der Waals surface area contributed by atoms with Crippen molar-refractivity contribution in [3.63, 3.8) is 0 Å². The Hall–Kier alpha value is -3.60. The van der Waals surface area contributed by atoms with Crippen LogP contribution >= 0.6 is 11.3 Å². The lowest BCUT2D eigenvalue weighted by Gasteiger charge is -2.32. The van der Waals surface area contributed by atoms with E-state index in [4.69, 9.17) is 4.74 Å². The number of ether oxygens (including phenoxy) is 1. The maximum Gasteiger partial charge on any atom is 0.319 e. The van der Waals surface area contributed by atoms with Crippen LogP contribution in [0.15, 0.2) is 47.8 Å². The first-order valence-electron chi connectivity index (χ1n) is 11.0. The Morgan fingerprint density at radius 2 is 1.74 bits per heavy atom. The van der Waals surface area contributed by atoms with Crippen molar-refractivity contribution in [2.24, 2.45) is 0 Å². The summed E-state index contributed by atoms with van der Waals surface area (Å²) in [6.07, 6.45) is 3.00. The predicted octanol–water partition coefficient (Wildman–Crippen LogP) is 5.00. The van der Waals surface area contributed by atoms with E-state index >= 15 is 0 Å². The second-order valence-corrected chi connectivity index (χ2v) is 8.98. The first-order valence-corrected chi connectivity index (χ1v) is 11.9. The van der Waals surface area contributed by atoms with Gasteiger partial charge in [0.25, 0.3) is 5.91 Å². The zero-order valence-corrected chi connectivity index (χ0v) is 19.3. The van der Waals surface area contributed by atoms with Gasteiger partial charge in [-0.05, 0) is 37.1 Å². The van der Waals surface area contributed by atoms with E-state index in [2.05, 4.69) is 20.9 Å². The minimum Gasteiger partial charge on any atom is -0.483 e. The number of hydrogen-bond acceptors (Lipinski definition) is 5. The van der Waals surface area contributed by atoms with Gasteiger partial charge in [0.2, 0.25) is 0 Å². The van der Waals surface area contributed by atoms with Gasteiger partial charge < -0.3 is 20.7 Å². The molecule has 0 saturated heterocycles. The van der Waals surface area contributed by atoms with E-state index in [0.717, 1.165) is 25.0 Å². The summed E-state index contributed by atoms with van der Waals surface area (Å²) in [5, 5.41) is 10.1. The molecule has 1 aliphatic rings. The van der Waals surface area contributed by atoms with Gasteiger partial charge in [-0.3, -0.25) is 4.79 Å². The average molecular weight is 505 g/mol. The van der Waals surface area contributed by atoms with E-state index in [9.17, 15) is 22.8 Å². The summed E-state index contributed by atoms with van der Waals surface area (Å²) in [5.41, 5.74) is 0.0530. The molecule has 184 valence electrons. The summed E-state index contributed by atoms with van der Waals surface area (Å²) >= 11 is 1.22. The molecule has 1 aliphatic carbocycles. The number of amides is 3. The topological polar surface area (TPSA) is 92.4 Å². The van der Waals surface area contributed by atoms with Gasteiger partial charge >= 0.3 is 6.03 Å². The van der Waals surface area contributed by atoms with E-state index in [-0.39, 0.29) is 35.8 Å². The molecule has 1 heterocycles. The van der Waals surface area contributed by atoms with Crippen LogP contribution in [-0.2, 0) is 6.61 Å². The van der Waals surface area contributed by atoms with Crippen molar-refractivity contribution >= 4 is 29.0 Å². The fraction of sp³-hybridized carbons (Fsp3) is 0.292. The van der Waals surface area contributed by atoms with Crippen LogP contribution in [0.3, 0.4) is 0 Å². The van der Waals surface area contributed by atoms with Crippen molar-refractivity contribution in [2.45, 2.75) is 44.4 Å². The van der Waals surface area contributed by atoms with Crippen LogP contribution in [-0.4, -0.2) is 29.0 Å². The first kappa shape index (κ1) is 24.5. The lowest BCUT2D eigenvalue weighted by Crippen LogP contribution is -2.54. The fourth-order valence-corrected chi connectivity index (χ4v) is 4.50. The maximum atomic E-state index is 13.8. The molecule has 0 radical (unpaired) electrons. The third-order valence-corrected chi connectivity index (χ3v) is 6.37. The van der Waals surface area contributed by atoms with Crippen LogP contribution in [0.1, 0.15) is 41.2 Å². The van der Waals surface area contributed by atoms with E-state index in [1.807, 2.05) is 0 Å². The molecule has 3 N–H and O–H groups in total.